The number of rotatable bonds is 6. The van der Waals surface area contributed by atoms with Gasteiger partial charge in [0, 0.05) is 30.2 Å². The van der Waals surface area contributed by atoms with Crippen LogP contribution in [0.2, 0.25) is 5.02 Å². The zero-order chi connectivity index (χ0) is 15.9. The van der Waals surface area contributed by atoms with Crippen molar-refractivity contribution in [2.75, 3.05) is 11.9 Å². The van der Waals surface area contributed by atoms with Crippen LogP contribution in [0.1, 0.15) is 23.1 Å². The quantitative estimate of drug-likeness (QED) is 0.789. The number of carbonyl (C=O) groups excluding carboxylic acids is 1. The highest BCUT2D eigenvalue weighted by Gasteiger charge is 2.06. The van der Waals surface area contributed by atoms with Gasteiger partial charge in [-0.05, 0) is 42.7 Å². The number of aryl methyl sites for hydroxylation is 1. The van der Waals surface area contributed by atoms with E-state index in [9.17, 15) is 4.79 Å². The molecule has 116 valence electrons. The number of carbonyl (C=O) groups is 1. The molecule has 2 N–H and O–H groups in total. The van der Waals surface area contributed by atoms with E-state index in [1.54, 1.807) is 0 Å². The minimum absolute atomic E-state index is 0.0114. The lowest BCUT2D eigenvalue weighted by Gasteiger charge is -2.10. The fourth-order valence-electron chi connectivity index (χ4n) is 2.19. The predicted octanol–water partition coefficient (Wildman–Crippen LogP) is 4.08. The van der Waals surface area contributed by atoms with E-state index in [1.807, 2.05) is 37.3 Å². The molecule has 0 fully saturated rings. The van der Waals surface area contributed by atoms with E-state index in [2.05, 4.69) is 29.7 Å². The summed E-state index contributed by atoms with van der Waals surface area (Å²) in [7, 11) is 0. The zero-order valence-electron chi connectivity index (χ0n) is 12.9. The number of hydrogen-bond donors (Lipinski definition) is 2. The smallest absolute Gasteiger partial charge is 0.225 e. The molecule has 2 aromatic carbocycles. The number of hydrogen-bond acceptors (Lipinski definition) is 2. The Kier molecular flexibility index (Phi) is 5.99. The van der Waals surface area contributed by atoms with Crippen LogP contribution in [0.25, 0.3) is 0 Å². The summed E-state index contributed by atoms with van der Waals surface area (Å²) in [6.45, 7) is 5.40. The molecule has 0 spiro atoms. The maximum Gasteiger partial charge on any atom is 0.225 e. The molecule has 0 unspecified atom stereocenters. The summed E-state index contributed by atoms with van der Waals surface area (Å²) in [6.07, 6.45) is 0.428. The molecule has 0 aromatic heterocycles. The largest absolute Gasteiger partial charge is 0.326 e. The Hall–Kier alpha value is -1.84. The van der Waals surface area contributed by atoms with Crippen molar-refractivity contribution in [2.45, 2.75) is 26.8 Å². The molecule has 0 bridgehead atoms. The minimum atomic E-state index is -0.0114. The van der Waals surface area contributed by atoms with E-state index in [4.69, 9.17) is 11.6 Å². The van der Waals surface area contributed by atoms with Crippen LogP contribution < -0.4 is 10.6 Å². The van der Waals surface area contributed by atoms with Crippen molar-refractivity contribution in [3.05, 3.63) is 64.2 Å². The van der Waals surface area contributed by atoms with Crippen molar-refractivity contribution < 1.29 is 4.79 Å². The third kappa shape index (κ3) is 4.58. The molecule has 2 rings (SSSR count). The van der Waals surface area contributed by atoms with Gasteiger partial charge in [-0.2, -0.15) is 0 Å². The molecule has 0 saturated carbocycles. The summed E-state index contributed by atoms with van der Waals surface area (Å²) >= 11 is 6.04. The van der Waals surface area contributed by atoms with Gasteiger partial charge in [0.25, 0.3) is 0 Å². The van der Waals surface area contributed by atoms with Gasteiger partial charge in [0.2, 0.25) is 5.91 Å². The lowest BCUT2D eigenvalue weighted by Crippen LogP contribution is -2.22. The molecule has 3 nitrogen and oxygen atoms in total. The Bertz CT molecular complexity index is 655. The van der Waals surface area contributed by atoms with Crippen molar-refractivity contribution in [1.29, 1.82) is 0 Å². The lowest BCUT2D eigenvalue weighted by molar-refractivity contribution is -0.116. The van der Waals surface area contributed by atoms with Crippen LogP contribution in [-0.4, -0.2) is 12.5 Å². The number of amides is 1. The Morgan fingerprint density at radius 2 is 1.86 bits per heavy atom. The molecule has 4 heteroatoms. The van der Waals surface area contributed by atoms with Gasteiger partial charge < -0.3 is 10.6 Å². The fraction of sp³-hybridized carbons (Fsp3) is 0.278. The highest BCUT2D eigenvalue weighted by atomic mass is 35.5. The van der Waals surface area contributed by atoms with Crippen LogP contribution in [0.15, 0.2) is 42.5 Å². The maximum atomic E-state index is 12.0. The van der Waals surface area contributed by atoms with E-state index in [0.29, 0.717) is 18.0 Å². The van der Waals surface area contributed by atoms with Crippen molar-refractivity contribution >= 4 is 23.2 Å². The van der Waals surface area contributed by atoms with Gasteiger partial charge in [-0.1, -0.05) is 41.9 Å². The molecule has 0 heterocycles. The first-order valence-electron chi connectivity index (χ1n) is 7.38. The Balaban J connectivity index is 1.76. The van der Waals surface area contributed by atoms with Crippen LogP contribution in [0.5, 0.6) is 0 Å². The molecule has 1 amide bonds. The topological polar surface area (TPSA) is 41.1 Å². The van der Waals surface area contributed by atoms with Crippen molar-refractivity contribution in [3.63, 3.8) is 0 Å². The van der Waals surface area contributed by atoms with E-state index < -0.39 is 0 Å². The average Bonchev–Trinajstić information content (AvgIpc) is 2.50. The SMILES string of the molecule is Cc1ccccc1CNCCC(=O)Nc1cccc(Cl)c1C. The zero-order valence-corrected chi connectivity index (χ0v) is 13.7. The summed E-state index contributed by atoms with van der Waals surface area (Å²) in [5.74, 6) is -0.0114. The second-order valence-electron chi connectivity index (χ2n) is 5.31. The minimum Gasteiger partial charge on any atom is -0.326 e. The normalized spacial score (nSPS) is 10.5. The first-order valence-corrected chi connectivity index (χ1v) is 7.76. The van der Waals surface area contributed by atoms with Crippen LogP contribution in [0, 0.1) is 13.8 Å². The third-order valence-electron chi connectivity index (χ3n) is 3.65. The molecule has 0 aliphatic heterocycles. The molecule has 0 aliphatic carbocycles. The van der Waals surface area contributed by atoms with Crippen LogP contribution in [0.3, 0.4) is 0 Å². The first kappa shape index (κ1) is 16.5. The summed E-state index contributed by atoms with van der Waals surface area (Å²) in [4.78, 5) is 12.0. The van der Waals surface area contributed by atoms with Crippen molar-refractivity contribution in [3.8, 4) is 0 Å². The molecular formula is C18H21ClN2O. The Labute approximate surface area is 136 Å². The molecule has 0 radical (unpaired) electrons. The summed E-state index contributed by atoms with van der Waals surface area (Å²) in [5.41, 5.74) is 4.18. The van der Waals surface area contributed by atoms with Gasteiger partial charge in [-0.3, -0.25) is 4.79 Å². The first-order chi connectivity index (χ1) is 10.6. The number of halogens is 1. The second kappa shape index (κ2) is 7.97. The average molecular weight is 317 g/mol. The highest BCUT2D eigenvalue weighted by Crippen LogP contribution is 2.22. The van der Waals surface area contributed by atoms with Gasteiger partial charge in [-0.25, -0.2) is 0 Å². The van der Waals surface area contributed by atoms with Crippen LogP contribution in [0.4, 0.5) is 5.69 Å². The molecule has 0 aliphatic rings. The van der Waals surface area contributed by atoms with Crippen LogP contribution >= 0.6 is 11.6 Å². The lowest BCUT2D eigenvalue weighted by atomic mass is 10.1. The standard InChI is InChI=1S/C18H21ClN2O/c1-13-6-3-4-7-15(13)12-20-11-10-18(22)21-17-9-5-8-16(19)14(17)2/h3-9,20H,10-12H2,1-2H3,(H,21,22). The molecule has 22 heavy (non-hydrogen) atoms. The predicted molar refractivity (Wildman–Crippen MR) is 92.3 cm³/mol. The summed E-state index contributed by atoms with van der Waals surface area (Å²) < 4.78 is 0. The summed E-state index contributed by atoms with van der Waals surface area (Å²) in [5, 5.41) is 6.86. The van der Waals surface area contributed by atoms with E-state index in [-0.39, 0.29) is 5.91 Å². The van der Waals surface area contributed by atoms with E-state index in [0.717, 1.165) is 17.8 Å². The fourth-order valence-corrected chi connectivity index (χ4v) is 2.36. The summed E-state index contributed by atoms with van der Waals surface area (Å²) in [6, 6.07) is 13.7. The second-order valence-corrected chi connectivity index (χ2v) is 5.72. The number of benzene rings is 2. The highest BCUT2D eigenvalue weighted by molar-refractivity contribution is 6.31. The number of anilines is 1. The molecule has 0 saturated heterocycles. The number of nitrogens with one attached hydrogen (secondary N) is 2. The van der Waals surface area contributed by atoms with Crippen molar-refractivity contribution in [2.24, 2.45) is 0 Å². The Morgan fingerprint density at radius 1 is 1.09 bits per heavy atom. The van der Waals surface area contributed by atoms with Crippen molar-refractivity contribution in [1.82, 2.24) is 5.32 Å². The van der Waals surface area contributed by atoms with E-state index in [1.165, 1.54) is 11.1 Å². The van der Waals surface area contributed by atoms with Crippen LogP contribution in [-0.2, 0) is 11.3 Å². The van der Waals surface area contributed by atoms with Gasteiger partial charge in [-0.15, -0.1) is 0 Å². The van der Waals surface area contributed by atoms with E-state index >= 15 is 0 Å². The monoisotopic (exact) mass is 316 g/mol. The third-order valence-corrected chi connectivity index (χ3v) is 4.06. The van der Waals surface area contributed by atoms with Gasteiger partial charge in [0.05, 0.1) is 0 Å². The Morgan fingerprint density at radius 3 is 2.64 bits per heavy atom. The van der Waals surface area contributed by atoms with Gasteiger partial charge in [0.15, 0.2) is 0 Å². The molecular weight excluding hydrogens is 296 g/mol. The van der Waals surface area contributed by atoms with Gasteiger partial charge >= 0.3 is 0 Å². The molecule has 2 aromatic rings. The maximum absolute atomic E-state index is 12.0. The molecule has 0 atom stereocenters. The van der Waals surface area contributed by atoms with Gasteiger partial charge in [0.1, 0.15) is 0 Å².